The fraction of sp³-hybridized carbons (Fsp3) is 0.857. The second kappa shape index (κ2) is 6.11. The molecule has 0 rings (SSSR count). The first-order valence-electron chi connectivity index (χ1n) is 4.40. The van der Waals surface area contributed by atoms with Crippen molar-refractivity contribution >= 4 is 16.2 Å². The second-order valence-electron chi connectivity index (χ2n) is 3.29. The van der Waals surface area contributed by atoms with Gasteiger partial charge in [-0.3, -0.25) is 0 Å². The highest BCUT2D eigenvalue weighted by molar-refractivity contribution is 7.87. The van der Waals surface area contributed by atoms with E-state index >= 15 is 0 Å². The molecule has 1 unspecified atom stereocenters. The third-order valence-corrected chi connectivity index (χ3v) is 2.77. The molecule has 0 aliphatic carbocycles. The molecular formula is C7H16N2O6S. The van der Waals surface area contributed by atoms with E-state index in [0.29, 0.717) is 0 Å². The quantitative estimate of drug-likeness (QED) is 0.368. The van der Waals surface area contributed by atoms with E-state index in [1.165, 1.54) is 7.11 Å². The number of carboxylic acids is 1. The number of hydrogen-bond donors (Lipinski definition) is 4. The summed E-state index contributed by atoms with van der Waals surface area (Å²) < 4.78 is 31.0. The smallest absolute Gasteiger partial charge is 0.336 e. The van der Waals surface area contributed by atoms with Gasteiger partial charge in [0.2, 0.25) is 0 Å². The summed E-state index contributed by atoms with van der Waals surface area (Å²) in [6, 6.07) is 0. The maximum atomic E-state index is 11.2. The maximum absolute atomic E-state index is 11.2. The van der Waals surface area contributed by atoms with Gasteiger partial charge in [0, 0.05) is 13.7 Å². The Kier molecular flexibility index (Phi) is 5.83. The van der Waals surface area contributed by atoms with Crippen LogP contribution in [0.4, 0.5) is 0 Å². The molecule has 0 bridgehead atoms. The predicted octanol–water partition coefficient (Wildman–Crippen LogP) is -2.11. The van der Waals surface area contributed by atoms with E-state index in [4.69, 9.17) is 5.11 Å². The number of methoxy groups -OCH3 is 1. The van der Waals surface area contributed by atoms with Crippen molar-refractivity contribution in [1.29, 1.82) is 0 Å². The third-order valence-electron chi connectivity index (χ3n) is 1.67. The van der Waals surface area contributed by atoms with E-state index in [1.54, 1.807) is 0 Å². The van der Waals surface area contributed by atoms with Gasteiger partial charge in [-0.1, -0.05) is 0 Å². The van der Waals surface area contributed by atoms with Crippen LogP contribution in [-0.4, -0.2) is 57.0 Å². The fourth-order valence-corrected chi connectivity index (χ4v) is 1.57. The van der Waals surface area contributed by atoms with Crippen LogP contribution in [0.3, 0.4) is 0 Å². The van der Waals surface area contributed by atoms with Gasteiger partial charge in [0.05, 0.1) is 13.2 Å². The van der Waals surface area contributed by atoms with Gasteiger partial charge in [-0.15, -0.1) is 0 Å². The molecule has 0 aliphatic heterocycles. The Morgan fingerprint density at radius 1 is 1.44 bits per heavy atom. The molecule has 0 saturated heterocycles. The molecule has 16 heavy (non-hydrogen) atoms. The zero-order valence-corrected chi connectivity index (χ0v) is 9.87. The molecule has 9 heteroatoms. The van der Waals surface area contributed by atoms with Gasteiger partial charge in [-0.25, -0.2) is 4.79 Å². The van der Waals surface area contributed by atoms with Gasteiger partial charge in [-0.2, -0.15) is 17.9 Å². The lowest BCUT2D eigenvalue weighted by Gasteiger charge is -2.18. The highest BCUT2D eigenvalue weighted by Gasteiger charge is 2.31. The van der Waals surface area contributed by atoms with Crippen LogP contribution in [0.5, 0.6) is 0 Å². The number of carboxylic acid groups (broad SMARTS) is 1. The molecule has 0 fully saturated rings. The Bertz CT molecular complexity index is 326. The first kappa shape index (κ1) is 15.3. The summed E-state index contributed by atoms with van der Waals surface area (Å²) in [5, 5.41) is 17.8. The molecule has 0 saturated carbocycles. The molecule has 96 valence electrons. The largest absolute Gasteiger partial charge is 0.479 e. The van der Waals surface area contributed by atoms with Crippen LogP contribution in [0.15, 0.2) is 0 Å². The van der Waals surface area contributed by atoms with Crippen LogP contribution in [-0.2, 0) is 19.7 Å². The average Bonchev–Trinajstić information content (AvgIpc) is 2.15. The Morgan fingerprint density at radius 2 is 2.00 bits per heavy atom. The van der Waals surface area contributed by atoms with E-state index in [9.17, 15) is 18.3 Å². The molecule has 0 aliphatic rings. The lowest BCUT2D eigenvalue weighted by molar-refractivity contribution is -0.155. The Hall–Kier alpha value is -0.740. The first-order chi connectivity index (χ1) is 7.21. The number of carbonyl (C=O) groups is 1. The molecule has 0 aromatic carbocycles. The van der Waals surface area contributed by atoms with Gasteiger partial charge < -0.3 is 14.9 Å². The van der Waals surface area contributed by atoms with Crippen molar-refractivity contribution in [3.05, 3.63) is 0 Å². The molecule has 0 radical (unpaired) electrons. The normalized spacial score (nSPS) is 15.7. The lowest BCUT2D eigenvalue weighted by atomic mass is 10.1. The van der Waals surface area contributed by atoms with E-state index in [2.05, 4.69) is 9.46 Å². The van der Waals surface area contributed by atoms with Gasteiger partial charge in [0.1, 0.15) is 0 Å². The summed E-state index contributed by atoms with van der Waals surface area (Å²) in [6.45, 7) is 0.620. The minimum atomic E-state index is -3.82. The Labute approximate surface area is 93.8 Å². The summed E-state index contributed by atoms with van der Waals surface area (Å²) in [6.07, 6.45) is 0. The van der Waals surface area contributed by atoms with Gasteiger partial charge in [-0.05, 0) is 6.92 Å². The summed E-state index contributed by atoms with van der Waals surface area (Å²) >= 11 is 0. The fourth-order valence-electron chi connectivity index (χ4n) is 0.640. The van der Waals surface area contributed by atoms with E-state index < -0.39 is 28.3 Å². The summed E-state index contributed by atoms with van der Waals surface area (Å²) in [4.78, 5) is 10.5. The monoisotopic (exact) mass is 256 g/mol. The van der Waals surface area contributed by atoms with Crippen molar-refractivity contribution in [2.45, 2.75) is 12.5 Å². The van der Waals surface area contributed by atoms with Crippen molar-refractivity contribution in [3.8, 4) is 0 Å². The molecular weight excluding hydrogens is 240 g/mol. The Morgan fingerprint density at radius 3 is 2.44 bits per heavy atom. The first-order valence-corrected chi connectivity index (χ1v) is 5.88. The minimum absolute atomic E-state index is 0.0566. The number of ether oxygens (including phenoxy) is 1. The van der Waals surface area contributed by atoms with Gasteiger partial charge in [0.25, 0.3) is 10.2 Å². The van der Waals surface area contributed by atoms with E-state index in [-0.39, 0.29) is 13.2 Å². The number of aliphatic hydroxyl groups is 1. The van der Waals surface area contributed by atoms with Crippen molar-refractivity contribution in [1.82, 2.24) is 9.44 Å². The van der Waals surface area contributed by atoms with Gasteiger partial charge >= 0.3 is 5.97 Å². The number of aliphatic carboxylic acids is 1. The van der Waals surface area contributed by atoms with Crippen LogP contribution in [0.2, 0.25) is 0 Å². The van der Waals surface area contributed by atoms with Crippen LogP contribution < -0.4 is 9.44 Å². The summed E-state index contributed by atoms with van der Waals surface area (Å²) in [5.74, 6) is -1.51. The van der Waals surface area contributed by atoms with Crippen LogP contribution in [0, 0.1) is 0 Å². The second-order valence-corrected chi connectivity index (χ2v) is 4.87. The van der Waals surface area contributed by atoms with Crippen molar-refractivity contribution in [2.24, 2.45) is 0 Å². The summed E-state index contributed by atoms with van der Waals surface area (Å²) in [5.41, 5.74) is -2.14. The molecule has 0 spiro atoms. The molecule has 8 nitrogen and oxygen atoms in total. The number of rotatable bonds is 8. The minimum Gasteiger partial charge on any atom is -0.479 e. The molecule has 1 atom stereocenters. The molecule has 0 aromatic heterocycles. The zero-order chi connectivity index (χ0) is 12.8. The zero-order valence-electron chi connectivity index (χ0n) is 9.06. The lowest BCUT2D eigenvalue weighted by Crippen LogP contribution is -2.49. The SMILES string of the molecule is COCCNS(=O)(=O)NCC(C)(O)C(=O)O. The maximum Gasteiger partial charge on any atom is 0.336 e. The number of hydrogen-bond acceptors (Lipinski definition) is 5. The standard InChI is InChI=1S/C7H16N2O6S/c1-7(12,6(10)11)5-9-16(13,14)8-3-4-15-2/h8-9,12H,3-5H2,1-2H3,(H,10,11). The highest BCUT2D eigenvalue weighted by Crippen LogP contribution is 2.01. The predicted molar refractivity (Wildman–Crippen MR) is 55.1 cm³/mol. The van der Waals surface area contributed by atoms with Gasteiger partial charge in [0.15, 0.2) is 5.60 Å². The Balaban J connectivity index is 4.14. The van der Waals surface area contributed by atoms with Crippen molar-refractivity contribution in [3.63, 3.8) is 0 Å². The highest BCUT2D eigenvalue weighted by atomic mass is 32.2. The molecule has 0 amide bonds. The van der Waals surface area contributed by atoms with Crippen LogP contribution >= 0.6 is 0 Å². The third kappa shape index (κ3) is 5.98. The molecule has 4 N–H and O–H groups in total. The van der Waals surface area contributed by atoms with Crippen LogP contribution in [0.25, 0.3) is 0 Å². The van der Waals surface area contributed by atoms with Crippen LogP contribution in [0.1, 0.15) is 6.92 Å². The topological polar surface area (TPSA) is 125 Å². The van der Waals surface area contributed by atoms with E-state index in [0.717, 1.165) is 6.92 Å². The molecule has 0 heterocycles. The van der Waals surface area contributed by atoms with Crippen molar-refractivity contribution in [2.75, 3.05) is 26.8 Å². The average molecular weight is 256 g/mol. The molecule has 0 aromatic rings. The summed E-state index contributed by atoms with van der Waals surface area (Å²) in [7, 11) is -2.41. The van der Waals surface area contributed by atoms with E-state index in [1.807, 2.05) is 4.72 Å². The van der Waals surface area contributed by atoms with Crippen molar-refractivity contribution < 1.29 is 28.2 Å². The number of nitrogens with one attached hydrogen (secondary N) is 2.